The van der Waals surface area contributed by atoms with E-state index >= 15 is 0 Å². The fourth-order valence-electron chi connectivity index (χ4n) is 2.99. The Morgan fingerprint density at radius 2 is 1.47 bits per heavy atom. The Hall–Kier alpha value is -3.75. The number of ether oxygens (including phenoxy) is 3. The molecular weight excluding hydrogens is 414 g/mol. The van der Waals surface area contributed by atoms with Gasteiger partial charge in [0.05, 0.1) is 27.0 Å². The van der Waals surface area contributed by atoms with Gasteiger partial charge in [-0.1, -0.05) is 13.8 Å². The molecule has 2 rings (SSSR count). The number of anilines is 2. The first kappa shape index (κ1) is 24.5. The first-order valence-electron chi connectivity index (χ1n) is 9.98. The molecular formula is C23H29N3O6. The number of carbonyl (C=O) groups is 3. The van der Waals surface area contributed by atoms with Gasteiger partial charge in [-0.3, -0.25) is 14.4 Å². The monoisotopic (exact) mass is 443 g/mol. The van der Waals surface area contributed by atoms with Crippen molar-refractivity contribution in [3.63, 3.8) is 0 Å². The van der Waals surface area contributed by atoms with Gasteiger partial charge in [0.2, 0.25) is 11.8 Å². The predicted molar refractivity (Wildman–Crippen MR) is 122 cm³/mol. The fraction of sp³-hybridized carbons (Fsp3) is 0.348. The molecule has 2 aromatic carbocycles. The van der Waals surface area contributed by atoms with Gasteiger partial charge in [0.15, 0.2) is 0 Å². The van der Waals surface area contributed by atoms with E-state index in [0.717, 1.165) is 0 Å². The van der Waals surface area contributed by atoms with E-state index in [0.29, 0.717) is 34.2 Å². The van der Waals surface area contributed by atoms with Crippen LogP contribution < -0.4 is 30.2 Å². The van der Waals surface area contributed by atoms with Crippen LogP contribution in [0.5, 0.6) is 17.2 Å². The first-order chi connectivity index (χ1) is 15.2. The summed E-state index contributed by atoms with van der Waals surface area (Å²) in [5.74, 6) is 0.0747. The number of methoxy groups -OCH3 is 3. The van der Waals surface area contributed by atoms with Gasteiger partial charge in [0.1, 0.15) is 23.3 Å². The smallest absolute Gasteiger partial charge is 0.252 e. The van der Waals surface area contributed by atoms with Gasteiger partial charge < -0.3 is 30.2 Å². The van der Waals surface area contributed by atoms with Crippen LogP contribution in [-0.2, 0) is 9.59 Å². The SMILES string of the molecule is COc1cc(OC)cc(C(=O)NC(C(=O)Nc2ccc(OC)c(NC(C)=O)c2)C(C)C)c1. The summed E-state index contributed by atoms with van der Waals surface area (Å²) in [4.78, 5) is 37.2. The molecule has 9 heteroatoms. The van der Waals surface area contributed by atoms with Crippen molar-refractivity contribution in [1.82, 2.24) is 5.32 Å². The number of benzene rings is 2. The third kappa shape index (κ3) is 6.37. The number of hydrogen-bond donors (Lipinski definition) is 3. The minimum absolute atomic E-state index is 0.195. The fourth-order valence-corrected chi connectivity index (χ4v) is 2.99. The summed E-state index contributed by atoms with van der Waals surface area (Å²) in [5.41, 5.74) is 1.17. The average Bonchev–Trinajstić information content (AvgIpc) is 2.76. The molecule has 2 aromatic rings. The van der Waals surface area contributed by atoms with Crippen LogP contribution in [-0.4, -0.2) is 45.1 Å². The average molecular weight is 444 g/mol. The third-order valence-corrected chi connectivity index (χ3v) is 4.63. The maximum Gasteiger partial charge on any atom is 0.252 e. The van der Waals surface area contributed by atoms with E-state index in [1.807, 2.05) is 13.8 Å². The predicted octanol–water partition coefficient (Wildman–Crippen LogP) is 3.06. The van der Waals surface area contributed by atoms with Crippen LogP contribution in [0.2, 0.25) is 0 Å². The van der Waals surface area contributed by atoms with Crippen molar-refractivity contribution in [2.45, 2.75) is 26.8 Å². The number of carbonyl (C=O) groups excluding carboxylic acids is 3. The van der Waals surface area contributed by atoms with E-state index in [-0.39, 0.29) is 11.8 Å². The summed E-state index contributed by atoms with van der Waals surface area (Å²) in [6.07, 6.45) is 0. The van der Waals surface area contributed by atoms with Gasteiger partial charge >= 0.3 is 0 Å². The van der Waals surface area contributed by atoms with E-state index in [9.17, 15) is 14.4 Å². The molecule has 0 saturated carbocycles. The molecule has 9 nitrogen and oxygen atoms in total. The minimum atomic E-state index is -0.814. The molecule has 0 spiro atoms. The number of amides is 3. The largest absolute Gasteiger partial charge is 0.497 e. The van der Waals surface area contributed by atoms with Gasteiger partial charge in [-0.2, -0.15) is 0 Å². The van der Waals surface area contributed by atoms with E-state index < -0.39 is 17.9 Å². The number of rotatable bonds is 9. The molecule has 3 N–H and O–H groups in total. The topological polar surface area (TPSA) is 115 Å². The third-order valence-electron chi connectivity index (χ3n) is 4.63. The summed E-state index contributed by atoms with van der Waals surface area (Å²) in [7, 11) is 4.46. The Morgan fingerprint density at radius 1 is 0.844 bits per heavy atom. The second-order valence-corrected chi connectivity index (χ2v) is 7.38. The molecule has 0 radical (unpaired) electrons. The Kier molecular flexibility index (Phi) is 8.46. The quantitative estimate of drug-likeness (QED) is 0.549. The Morgan fingerprint density at radius 3 is 1.97 bits per heavy atom. The van der Waals surface area contributed by atoms with Crippen molar-refractivity contribution < 1.29 is 28.6 Å². The lowest BCUT2D eigenvalue weighted by Crippen LogP contribution is -2.47. The molecule has 0 fully saturated rings. The maximum absolute atomic E-state index is 13.0. The molecule has 172 valence electrons. The van der Waals surface area contributed by atoms with Gasteiger partial charge in [-0.05, 0) is 36.2 Å². The second-order valence-electron chi connectivity index (χ2n) is 7.38. The van der Waals surface area contributed by atoms with Crippen LogP contribution >= 0.6 is 0 Å². The molecule has 0 aliphatic heterocycles. The van der Waals surface area contributed by atoms with Gasteiger partial charge in [-0.25, -0.2) is 0 Å². The van der Waals surface area contributed by atoms with E-state index in [1.165, 1.54) is 28.3 Å². The number of hydrogen-bond acceptors (Lipinski definition) is 6. The van der Waals surface area contributed by atoms with Crippen LogP contribution in [0.4, 0.5) is 11.4 Å². The van der Waals surface area contributed by atoms with Crippen LogP contribution in [0.25, 0.3) is 0 Å². The van der Waals surface area contributed by atoms with Crippen LogP contribution in [0.15, 0.2) is 36.4 Å². The Bertz CT molecular complexity index is 967. The summed E-state index contributed by atoms with van der Waals surface area (Å²) >= 11 is 0. The summed E-state index contributed by atoms with van der Waals surface area (Å²) < 4.78 is 15.6. The van der Waals surface area contributed by atoms with E-state index in [2.05, 4.69) is 16.0 Å². The van der Waals surface area contributed by atoms with Crippen LogP contribution in [0, 0.1) is 5.92 Å². The van der Waals surface area contributed by atoms with Crippen molar-refractivity contribution in [2.24, 2.45) is 5.92 Å². The minimum Gasteiger partial charge on any atom is -0.497 e. The summed E-state index contributed by atoms with van der Waals surface area (Å²) in [6, 6.07) is 8.84. The Balaban J connectivity index is 2.21. The summed E-state index contributed by atoms with van der Waals surface area (Å²) in [5, 5.41) is 8.21. The van der Waals surface area contributed by atoms with Crippen molar-refractivity contribution in [1.29, 1.82) is 0 Å². The molecule has 1 atom stereocenters. The zero-order chi connectivity index (χ0) is 23.8. The summed E-state index contributed by atoms with van der Waals surface area (Å²) in [6.45, 7) is 5.03. The molecule has 0 heterocycles. The molecule has 3 amide bonds. The van der Waals surface area contributed by atoms with Crippen LogP contribution in [0.1, 0.15) is 31.1 Å². The van der Waals surface area contributed by atoms with Crippen LogP contribution in [0.3, 0.4) is 0 Å². The Labute approximate surface area is 187 Å². The lowest BCUT2D eigenvalue weighted by molar-refractivity contribution is -0.119. The molecule has 0 aromatic heterocycles. The standard InChI is InChI=1S/C23H29N3O6/c1-13(2)21(26-22(28)15-9-17(30-4)12-18(10-15)31-5)23(29)25-16-7-8-20(32-6)19(11-16)24-14(3)27/h7-13,21H,1-6H3,(H,24,27)(H,25,29)(H,26,28). The zero-order valence-electron chi connectivity index (χ0n) is 19.1. The highest BCUT2D eigenvalue weighted by Crippen LogP contribution is 2.28. The molecule has 0 aliphatic carbocycles. The highest BCUT2D eigenvalue weighted by molar-refractivity contribution is 6.02. The van der Waals surface area contributed by atoms with Crippen molar-refractivity contribution in [3.8, 4) is 17.2 Å². The molecule has 1 unspecified atom stereocenters. The first-order valence-corrected chi connectivity index (χ1v) is 9.98. The van der Waals surface area contributed by atoms with Gasteiger partial charge in [-0.15, -0.1) is 0 Å². The normalized spacial score (nSPS) is 11.3. The van der Waals surface area contributed by atoms with Crippen molar-refractivity contribution in [2.75, 3.05) is 32.0 Å². The lowest BCUT2D eigenvalue weighted by atomic mass is 10.0. The van der Waals surface area contributed by atoms with E-state index in [1.54, 1.807) is 36.4 Å². The maximum atomic E-state index is 13.0. The number of nitrogens with one attached hydrogen (secondary N) is 3. The van der Waals surface area contributed by atoms with E-state index in [4.69, 9.17) is 14.2 Å². The lowest BCUT2D eigenvalue weighted by Gasteiger charge is -2.22. The van der Waals surface area contributed by atoms with Gasteiger partial charge in [0, 0.05) is 24.2 Å². The molecule has 0 bridgehead atoms. The highest BCUT2D eigenvalue weighted by Gasteiger charge is 2.25. The zero-order valence-corrected chi connectivity index (χ0v) is 19.1. The highest BCUT2D eigenvalue weighted by atomic mass is 16.5. The molecule has 0 aliphatic rings. The van der Waals surface area contributed by atoms with Crippen molar-refractivity contribution in [3.05, 3.63) is 42.0 Å². The second kappa shape index (κ2) is 11.0. The van der Waals surface area contributed by atoms with Crippen molar-refractivity contribution >= 4 is 29.1 Å². The van der Waals surface area contributed by atoms with Gasteiger partial charge in [0.25, 0.3) is 5.91 Å². The molecule has 32 heavy (non-hydrogen) atoms. The molecule has 0 saturated heterocycles.